The van der Waals surface area contributed by atoms with E-state index in [4.69, 9.17) is 9.47 Å². The summed E-state index contributed by atoms with van der Waals surface area (Å²) in [7, 11) is 3.12. The summed E-state index contributed by atoms with van der Waals surface area (Å²) >= 11 is 3.42. The summed E-state index contributed by atoms with van der Waals surface area (Å²) in [5.74, 6) is 1.06. The number of carbonyl (C=O) groups is 1. The Labute approximate surface area is 133 Å². The maximum Gasteiger partial charge on any atom is 0.197 e. The second kappa shape index (κ2) is 6.31. The summed E-state index contributed by atoms with van der Waals surface area (Å²) in [5, 5.41) is 0. The molecule has 2 aromatic rings. The van der Waals surface area contributed by atoms with Crippen molar-refractivity contribution in [3.05, 3.63) is 57.1 Å². The minimum Gasteiger partial charge on any atom is -0.495 e. The fourth-order valence-corrected chi connectivity index (χ4v) is 2.87. The molecule has 0 fully saturated rings. The molecular weight excluding hydrogens is 332 g/mol. The van der Waals surface area contributed by atoms with Crippen LogP contribution in [0.1, 0.15) is 27.0 Å². The van der Waals surface area contributed by atoms with Crippen molar-refractivity contribution in [1.82, 2.24) is 0 Å². The number of carbonyl (C=O) groups excluding carboxylic acids is 1. The van der Waals surface area contributed by atoms with Crippen molar-refractivity contribution < 1.29 is 14.3 Å². The van der Waals surface area contributed by atoms with Gasteiger partial charge in [-0.25, -0.2) is 0 Å². The molecule has 2 rings (SSSR count). The minimum absolute atomic E-state index is 0.0589. The summed E-state index contributed by atoms with van der Waals surface area (Å²) in [6.45, 7) is 3.90. The topological polar surface area (TPSA) is 35.5 Å². The lowest BCUT2D eigenvalue weighted by Gasteiger charge is -2.14. The molecule has 2 aromatic carbocycles. The van der Waals surface area contributed by atoms with Crippen molar-refractivity contribution in [2.75, 3.05) is 14.2 Å². The molecule has 21 heavy (non-hydrogen) atoms. The van der Waals surface area contributed by atoms with Crippen molar-refractivity contribution in [2.45, 2.75) is 13.8 Å². The number of aryl methyl sites for hydroxylation is 2. The van der Waals surface area contributed by atoms with Gasteiger partial charge in [0, 0.05) is 5.56 Å². The monoisotopic (exact) mass is 348 g/mol. The van der Waals surface area contributed by atoms with Crippen molar-refractivity contribution in [3.63, 3.8) is 0 Å². The lowest BCUT2D eigenvalue weighted by atomic mass is 9.96. The number of ether oxygens (including phenoxy) is 2. The summed E-state index contributed by atoms with van der Waals surface area (Å²) in [6, 6.07) is 9.33. The summed E-state index contributed by atoms with van der Waals surface area (Å²) in [6.07, 6.45) is 0. The van der Waals surface area contributed by atoms with Crippen LogP contribution in [-0.4, -0.2) is 20.0 Å². The third-order valence-corrected chi connectivity index (χ3v) is 4.12. The van der Waals surface area contributed by atoms with Gasteiger partial charge in [-0.1, -0.05) is 17.7 Å². The quantitative estimate of drug-likeness (QED) is 0.772. The second-order valence-corrected chi connectivity index (χ2v) is 5.60. The smallest absolute Gasteiger partial charge is 0.197 e. The first-order valence-electron chi connectivity index (χ1n) is 6.52. The van der Waals surface area contributed by atoms with Crippen LogP contribution in [0.15, 0.2) is 34.8 Å². The number of hydrogen-bond donors (Lipinski definition) is 0. The zero-order valence-electron chi connectivity index (χ0n) is 12.5. The highest BCUT2D eigenvalue weighted by Crippen LogP contribution is 2.38. The number of benzene rings is 2. The van der Waals surface area contributed by atoms with Gasteiger partial charge in [-0.15, -0.1) is 0 Å². The first kappa shape index (κ1) is 15.6. The zero-order valence-corrected chi connectivity index (χ0v) is 14.1. The van der Waals surface area contributed by atoms with Crippen molar-refractivity contribution in [3.8, 4) is 11.5 Å². The highest BCUT2D eigenvalue weighted by Gasteiger charge is 2.20. The number of rotatable bonds is 4. The Balaban J connectivity index is 2.58. The van der Waals surface area contributed by atoms with Gasteiger partial charge in [-0.05, 0) is 53.5 Å². The van der Waals surface area contributed by atoms with Gasteiger partial charge in [-0.2, -0.15) is 0 Å². The predicted molar refractivity (Wildman–Crippen MR) is 86.6 cm³/mol. The molecule has 0 aliphatic carbocycles. The first-order valence-corrected chi connectivity index (χ1v) is 7.31. The van der Waals surface area contributed by atoms with Gasteiger partial charge in [0.05, 0.1) is 19.8 Å². The van der Waals surface area contributed by atoms with Crippen LogP contribution in [0.3, 0.4) is 0 Å². The molecule has 0 saturated heterocycles. The van der Waals surface area contributed by atoms with Crippen LogP contribution in [0.4, 0.5) is 0 Å². The van der Waals surface area contributed by atoms with Gasteiger partial charge in [0.15, 0.2) is 5.78 Å². The van der Waals surface area contributed by atoms with Gasteiger partial charge >= 0.3 is 0 Å². The molecule has 0 radical (unpaired) electrons. The highest BCUT2D eigenvalue weighted by atomic mass is 79.9. The second-order valence-electron chi connectivity index (χ2n) is 4.81. The molecule has 0 bridgehead atoms. The lowest BCUT2D eigenvalue weighted by molar-refractivity contribution is 0.103. The fraction of sp³-hybridized carbons (Fsp3) is 0.235. The van der Waals surface area contributed by atoms with E-state index in [1.54, 1.807) is 26.4 Å². The average Bonchev–Trinajstić information content (AvgIpc) is 2.48. The number of hydrogen-bond acceptors (Lipinski definition) is 3. The standard InChI is InChI=1S/C17H17BrO3/c1-10-5-6-11(2)13(9-10)16(19)12-7-8-14(20-3)15(18)17(12)21-4/h5-9H,1-4H3. The number of halogens is 1. The third kappa shape index (κ3) is 2.95. The Kier molecular flexibility index (Phi) is 4.68. The maximum atomic E-state index is 12.8. The minimum atomic E-state index is -0.0589. The van der Waals surface area contributed by atoms with Crippen LogP contribution >= 0.6 is 15.9 Å². The molecule has 110 valence electrons. The van der Waals surface area contributed by atoms with Crippen LogP contribution in [0.25, 0.3) is 0 Å². The third-order valence-electron chi connectivity index (χ3n) is 3.37. The lowest BCUT2D eigenvalue weighted by Crippen LogP contribution is -2.07. The zero-order chi connectivity index (χ0) is 15.6. The molecule has 0 atom stereocenters. The molecule has 0 unspecified atom stereocenters. The van der Waals surface area contributed by atoms with Crippen LogP contribution < -0.4 is 9.47 Å². The molecule has 0 amide bonds. The molecule has 0 heterocycles. The van der Waals surface area contributed by atoms with E-state index in [0.717, 1.165) is 11.1 Å². The van der Waals surface area contributed by atoms with Crippen LogP contribution in [0.2, 0.25) is 0 Å². The first-order chi connectivity index (χ1) is 9.99. The van der Waals surface area contributed by atoms with Crippen LogP contribution in [0, 0.1) is 13.8 Å². The van der Waals surface area contributed by atoms with Crippen molar-refractivity contribution >= 4 is 21.7 Å². The average molecular weight is 349 g/mol. The van der Waals surface area contributed by atoms with Gasteiger partial charge in [0.2, 0.25) is 0 Å². The maximum absolute atomic E-state index is 12.8. The Bertz CT molecular complexity index is 693. The molecule has 3 nitrogen and oxygen atoms in total. The van der Waals surface area contributed by atoms with E-state index >= 15 is 0 Å². The highest BCUT2D eigenvalue weighted by molar-refractivity contribution is 9.10. The van der Waals surface area contributed by atoms with Crippen LogP contribution in [0.5, 0.6) is 11.5 Å². The summed E-state index contributed by atoms with van der Waals surface area (Å²) < 4.78 is 11.3. The fourth-order valence-electron chi connectivity index (χ4n) is 2.20. The van der Waals surface area contributed by atoms with E-state index in [9.17, 15) is 4.79 Å². The molecular formula is C17H17BrO3. The Morgan fingerprint density at radius 3 is 2.33 bits per heavy atom. The summed E-state index contributed by atoms with van der Waals surface area (Å²) in [5.41, 5.74) is 3.19. The van der Waals surface area contributed by atoms with E-state index < -0.39 is 0 Å². The van der Waals surface area contributed by atoms with E-state index in [-0.39, 0.29) is 5.78 Å². The van der Waals surface area contributed by atoms with E-state index in [1.165, 1.54) is 0 Å². The molecule has 0 aliphatic heterocycles. The van der Waals surface area contributed by atoms with Gasteiger partial charge in [-0.3, -0.25) is 4.79 Å². The normalized spacial score (nSPS) is 10.3. The van der Waals surface area contributed by atoms with E-state index in [2.05, 4.69) is 15.9 Å². The molecule has 0 saturated carbocycles. The van der Waals surface area contributed by atoms with Crippen molar-refractivity contribution in [2.24, 2.45) is 0 Å². The van der Waals surface area contributed by atoms with Crippen molar-refractivity contribution in [1.29, 1.82) is 0 Å². The summed E-state index contributed by atoms with van der Waals surface area (Å²) in [4.78, 5) is 12.8. The van der Waals surface area contributed by atoms with Gasteiger partial charge in [0.1, 0.15) is 16.0 Å². The van der Waals surface area contributed by atoms with Gasteiger partial charge < -0.3 is 9.47 Å². The Morgan fingerprint density at radius 2 is 1.71 bits per heavy atom. The SMILES string of the molecule is COc1ccc(C(=O)c2cc(C)ccc2C)c(OC)c1Br. The number of ketones is 1. The largest absolute Gasteiger partial charge is 0.495 e. The molecule has 0 aromatic heterocycles. The van der Waals surface area contributed by atoms with Crippen LogP contribution in [-0.2, 0) is 0 Å². The molecule has 0 aliphatic rings. The predicted octanol–water partition coefficient (Wildman–Crippen LogP) is 4.31. The number of methoxy groups -OCH3 is 2. The Morgan fingerprint density at radius 1 is 1.00 bits per heavy atom. The van der Waals surface area contributed by atoms with E-state index in [0.29, 0.717) is 27.1 Å². The van der Waals surface area contributed by atoms with Gasteiger partial charge in [0.25, 0.3) is 0 Å². The molecule has 0 spiro atoms. The van der Waals surface area contributed by atoms with E-state index in [1.807, 2.05) is 32.0 Å². The molecule has 0 N–H and O–H groups in total. The molecule has 4 heteroatoms. The Hall–Kier alpha value is -1.81.